The molecule has 0 fully saturated rings. The summed E-state index contributed by atoms with van der Waals surface area (Å²) in [5.41, 5.74) is -0.785. The fourth-order valence-electron chi connectivity index (χ4n) is 2.11. The summed E-state index contributed by atoms with van der Waals surface area (Å²) >= 11 is 0. The quantitative estimate of drug-likeness (QED) is 0.700. The fraction of sp³-hybridized carbons (Fsp3) is 0.312. The minimum Gasteiger partial charge on any atom is -0.469 e. The summed E-state index contributed by atoms with van der Waals surface area (Å²) in [4.78, 5) is 11.0. The van der Waals surface area contributed by atoms with Crippen LogP contribution >= 0.6 is 0 Å². The molecule has 0 aliphatic carbocycles. The molecule has 0 bridgehead atoms. The summed E-state index contributed by atoms with van der Waals surface area (Å²) in [6.07, 6.45) is 1.68. The van der Waals surface area contributed by atoms with E-state index in [0.717, 1.165) is 0 Å². The van der Waals surface area contributed by atoms with Crippen molar-refractivity contribution in [1.82, 2.24) is 4.72 Å². The number of anilines is 1. The number of sulfonamides is 1. The Kier molecular flexibility index (Phi) is 5.43. The van der Waals surface area contributed by atoms with Crippen LogP contribution in [0.2, 0.25) is 0 Å². The van der Waals surface area contributed by atoms with Crippen LogP contribution in [0.4, 0.5) is 5.69 Å². The van der Waals surface area contributed by atoms with Crippen molar-refractivity contribution in [3.05, 3.63) is 48.4 Å². The van der Waals surface area contributed by atoms with Crippen LogP contribution in [-0.4, -0.2) is 31.6 Å². The van der Waals surface area contributed by atoms with Gasteiger partial charge in [0.25, 0.3) is 0 Å². The molecule has 0 aliphatic rings. The van der Waals surface area contributed by atoms with Crippen LogP contribution in [0, 0.1) is 0 Å². The first-order valence-electron chi connectivity index (χ1n) is 7.30. The molecule has 8 heteroatoms. The van der Waals surface area contributed by atoms with E-state index in [4.69, 9.17) is 4.42 Å². The third kappa shape index (κ3) is 5.19. The summed E-state index contributed by atoms with van der Waals surface area (Å²) in [7, 11) is -3.77. The lowest BCUT2D eigenvalue weighted by atomic mass is 10.0. The van der Waals surface area contributed by atoms with E-state index in [-0.39, 0.29) is 23.8 Å². The van der Waals surface area contributed by atoms with Crippen LogP contribution in [0.3, 0.4) is 0 Å². The molecule has 7 nitrogen and oxygen atoms in total. The summed E-state index contributed by atoms with van der Waals surface area (Å²) < 4.78 is 32.1. The molecule has 1 heterocycles. The van der Waals surface area contributed by atoms with Gasteiger partial charge in [0.15, 0.2) is 0 Å². The lowest BCUT2D eigenvalue weighted by Gasteiger charge is -2.22. The Morgan fingerprint density at radius 1 is 1.25 bits per heavy atom. The lowest BCUT2D eigenvalue weighted by Crippen LogP contribution is -2.42. The van der Waals surface area contributed by atoms with E-state index >= 15 is 0 Å². The molecule has 1 aromatic carbocycles. The number of carbonyl (C=O) groups excluding carboxylic acids is 1. The second-order valence-electron chi connectivity index (χ2n) is 5.78. The average molecular weight is 352 g/mol. The van der Waals surface area contributed by atoms with E-state index in [2.05, 4.69) is 10.0 Å². The predicted molar refractivity (Wildman–Crippen MR) is 89.0 cm³/mol. The maximum Gasteiger partial charge on any atom is 0.240 e. The van der Waals surface area contributed by atoms with Gasteiger partial charge in [-0.2, -0.15) is 0 Å². The van der Waals surface area contributed by atoms with Gasteiger partial charge < -0.3 is 14.8 Å². The summed E-state index contributed by atoms with van der Waals surface area (Å²) in [5.74, 6) is 0.330. The number of hydrogen-bond donors (Lipinski definition) is 3. The number of amides is 1. The second-order valence-corrected chi connectivity index (χ2v) is 7.55. The van der Waals surface area contributed by atoms with Crippen LogP contribution in [0.1, 0.15) is 19.6 Å². The first kappa shape index (κ1) is 18.2. The summed E-state index contributed by atoms with van der Waals surface area (Å²) in [5, 5.41) is 12.9. The zero-order valence-corrected chi connectivity index (χ0v) is 14.3. The van der Waals surface area contributed by atoms with Gasteiger partial charge in [0.05, 0.1) is 16.8 Å². The van der Waals surface area contributed by atoms with Crippen LogP contribution in [-0.2, 0) is 21.2 Å². The molecule has 0 radical (unpaired) electrons. The van der Waals surface area contributed by atoms with Gasteiger partial charge >= 0.3 is 0 Å². The highest BCUT2D eigenvalue weighted by Gasteiger charge is 2.25. The van der Waals surface area contributed by atoms with Crippen molar-refractivity contribution in [3.8, 4) is 0 Å². The van der Waals surface area contributed by atoms with Crippen molar-refractivity contribution in [1.29, 1.82) is 0 Å². The van der Waals surface area contributed by atoms with Crippen LogP contribution in [0.15, 0.2) is 52.0 Å². The van der Waals surface area contributed by atoms with Crippen molar-refractivity contribution in [2.75, 3.05) is 11.9 Å². The largest absolute Gasteiger partial charge is 0.469 e. The van der Waals surface area contributed by atoms with Gasteiger partial charge in [-0.3, -0.25) is 4.79 Å². The van der Waals surface area contributed by atoms with Gasteiger partial charge in [0.2, 0.25) is 15.9 Å². The molecular weight excluding hydrogens is 332 g/mol. The SMILES string of the molecule is CC(=O)Nc1ccc(S(=O)(=O)NCC(C)(O)Cc2ccco2)cc1. The fourth-order valence-corrected chi connectivity index (χ4v) is 3.27. The summed E-state index contributed by atoms with van der Waals surface area (Å²) in [6.45, 7) is 2.73. The van der Waals surface area contributed by atoms with Crippen molar-refractivity contribution in [2.45, 2.75) is 30.8 Å². The molecule has 0 aliphatic heterocycles. The van der Waals surface area contributed by atoms with Gasteiger partial charge in [0.1, 0.15) is 5.76 Å². The van der Waals surface area contributed by atoms with E-state index in [1.807, 2.05) is 0 Å². The maximum atomic E-state index is 12.3. The average Bonchev–Trinajstić information content (AvgIpc) is 2.98. The molecule has 0 spiro atoms. The van der Waals surface area contributed by atoms with E-state index in [0.29, 0.717) is 11.4 Å². The molecular formula is C16H20N2O5S. The van der Waals surface area contributed by atoms with E-state index in [1.165, 1.54) is 44.4 Å². The first-order valence-corrected chi connectivity index (χ1v) is 8.78. The molecule has 1 amide bonds. The molecule has 1 atom stereocenters. The molecule has 130 valence electrons. The Balaban J connectivity index is 2.01. The summed E-state index contributed by atoms with van der Waals surface area (Å²) in [6, 6.07) is 9.17. The highest BCUT2D eigenvalue weighted by molar-refractivity contribution is 7.89. The molecule has 24 heavy (non-hydrogen) atoms. The normalized spacial score (nSPS) is 14.1. The number of hydrogen-bond acceptors (Lipinski definition) is 5. The van der Waals surface area contributed by atoms with E-state index in [9.17, 15) is 18.3 Å². The Bertz CT molecular complexity index is 780. The van der Waals surface area contributed by atoms with Crippen molar-refractivity contribution >= 4 is 21.6 Å². The monoisotopic (exact) mass is 352 g/mol. The van der Waals surface area contributed by atoms with Crippen molar-refractivity contribution in [2.24, 2.45) is 0 Å². The minimum atomic E-state index is -3.77. The zero-order valence-electron chi connectivity index (χ0n) is 13.4. The Labute approximate surface area is 140 Å². The smallest absolute Gasteiger partial charge is 0.240 e. The topological polar surface area (TPSA) is 109 Å². The molecule has 1 aromatic heterocycles. The molecule has 2 aromatic rings. The third-order valence-electron chi connectivity index (χ3n) is 3.26. The van der Waals surface area contributed by atoms with Gasteiger partial charge in [-0.25, -0.2) is 13.1 Å². The van der Waals surface area contributed by atoms with Crippen LogP contribution < -0.4 is 10.0 Å². The highest BCUT2D eigenvalue weighted by atomic mass is 32.2. The van der Waals surface area contributed by atoms with E-state index in [1.54, 1.807) is 12.1 Å². The lowest BCUT2D eigenvalue weighted by molar-refractivity contribution is -0.114. The highest BCUT2D eigenvalue weighted by Crippen LogP contribution is 2.16. The first-order chi connectivity index (χ1) is 11.2. The Morgan fingerprint density at radius 2 is 1.92 bits per heavy atom. The van der Waals surface area contributed by atoms with Gasteiger partial charge in [-0.15, -0.1) is 0 Å². The predicted octanol–water partition coefficient (Wildman–Crippen LogP) is 1.51. The molecule has 3 N–H and O–H groups in total. The third-order valence-corrected chi connectivity index (χ3v) is 4.68. The molecule has 1 unspecified atom stereocenters. The van der Waals surface area contributed by atoms with Crippen LogP contribution in [0.5, 0.6) is 0 Å². The van der Waals surface area contributed by atoms with E-state index < -0.39 is 15.6 Å². The number of nitrogens with one attached hydrogen (secondary N) is 2. The van der Waals surface area contributed by atoms with Gasteiger partial charge in [-0.1, -0.05) is 0 Å². The minimum absolute atomic E-state index is 0.0467. The Morgan fingerprint density at radius 3 is 2.46 bits per heavy atom. The van der Waals surface area contributed by atoms with Gasteiger partial charge in [0, 0.05) is 25.6 Å². The molecule has 0 saturated heterocycles. The number of benzene rings is 1. The van der Waals surface area contributed by atoms with Crippen LogP contribution in [0.25, 0.3) is 0 Å². The number of aliphatic hydroxyl groups is 1. The maximum absolute atomic E-state index is 12.3. The van der Waals surface area contributed by atoms with Gasteiger partial charge in [-0.05, 0) is 43.3 Å². The Hall–Kier alpha value is -2.16. The van der Waals surface area contributed by atoms with Crippen molar-refractivity contribution in [3.63, 3.8) is 0 Å². The zero-order chi connectivity index (χ0) is 17.8. The second kappa shape index (κ2) is 7.16. The number of carbonyl (C=O) groups is 1. The number of rotatable bonds is 7. The number of furan rings is 1. The van der Waals surface area contributed by atoms with Crippen molar-refractivity contribution < 1.29 is 22.7 Å². The standard InChI is InChI=1S/C16H20N2O5S/c1-12(19)18-13-5-7-15(8-6-13)24(21,22)17-11-16(2,20)10-14-4-3-9-23-14/h3-9,17,20H,10-11H2,1-2H3,(H,18,19). The molecule has 2 rings (SSSR count). The molecule has 0 saturated carbocycles.